The van der Waals surface area contributed by atoms with E-state index in [1.165, 1.54) is 16.8 Å². The molecule has 0 saturated carbocycles. The molecule has 0 bridgehead atoms. The molecule has 0 atom stereocenters. The van der Waals surface area contributed by atoms with Gasteiger partial charge in [0, 0.05) is 50.4 Å². The van der Waals surface area contributed by atoms with E-state index in [-0.39, 0.29) is 11.8 Å². The van der Waals surface area contributed by atoms with E-state index in [0.29, 0.717) is 6.54 Å². The second-order valence-corrected chi connectivity index (χ2v) is 9.06. The lowest BCUT2D eigenvalue weighted by Crippen LogP contribution is -2.47. The molecular weight excluding hydrogens is 424 g/mol. The number of nitrogens with one attached hydrogen (secondary N) is 1. The summed E-state index contributed by atoms with van der Waals surface area (Å²) in [6, 6.07) is 16.5. The number of benzene rings is 2. The Balaban J connectivity index is 1.24. The lowest BCUT2D eigenvalue weighted by atomic mass is 10.1. The topological polar surface area (TPSA) is 61.6 Å². The second kappa shape index (κ2) is 11.3. The Morgan fingerprint density at radius 3 is 2.53 bits per heavy atom. The molecule has 180 valence electrons. The average Bonchev–Trinajstić information content (AvgIpc) is 3.29. The quantitative estimate of drug-likeness (QED) is 0.463. The molecule has 2 heterocycles. The lowest BCUT2D eigenvalue weighted by Gasteiger charge is -2.37. The standard InChI is InChI=1S/C28H36N4O2/c1-4-10-25-26(23-12-6-5-7-13-23)30-28(34-25)27(33)29-15-9-16-31-17-19-32(20-18-31)24-14-8-11-21(2)22(24)3/h5-8,11-14H,4,9-10,15-20H2,1-3H3,(H,29,33). The lowest BCUT2D eigenvalue weighted by molar-refractivity contribution is 0.0915. The van der Waals surface area contributed by atoms with Crippen molar-refractivity contribution in [2.75, 3.05) is 44.2 Å². The summed E-state index contributed by atoms with van der Waals surface area (Å²) in [5.41, 5.74) is 5.83. The van der Waals surface area contributed by atoms with E-state index in [1.807, 2.05) is 30.3 Å². The van der Waals surface area contributed by atoms with Crippen molar-refractivity contribution in [3.63, 3.8) is 0 Å². The van der Waals surface area contributed by atoms with Gasteiger partial charge in [0.25, 0.3) is 5.89 Å². The van der Waals surface area contributed by atoms with Crippen LogP contribution in [0.1, 0.15) is 47.3 Å². The van der Waals surface area contributed by atoms with Crippen molar-refractivity contribution in [3.8, 4) is 11.3 Å². The van der Waals surface area contributed by atoms with E-state index in [1.54, 1.807) is 0 Å². The van der Waals surface area contributed by atoms with Crippen LogP contribution < -0.4 is 10.2 Å². The first kappa shape index (κ1) is 24.0. The van der Waals surface area contributed by atoms with Crippen LogP contribution in [0.4, 0.5) is 5.69 Å². The number of aryl methyl sites for hydroxylation is 2. The maximum Gasteiger partial charge on any atom is 0.307 e. The third-order valence-corrected chi connectivity index (χ3v) is 6.64. The third kappa shape index (κ3) is 5.68. The Morgan fingerprint density at radius 1 is 1.03 bits per heavy atom. The zero-order chi connectivity index (χ0) is 23.9. The second-order valence-electron chi connectivity index (χ2n) is 9.06. The highest BCUT2D eigenvalue weighted by Crippen LogP contribution is 2.25. The molecule has 1 aromatic heterocycles. The van der Waals surface area contributed by atoms with Gasteiger partial charge < -0.3 is 14.6 Å². The highest BCUT2D eigenvalue weighted by Gasteiger charge is 2.21. The van der Waals surface area contributed by atoms with Crippen LogP contribution in [0.3, 0.4) is 0 Å². The van der Waals surface area contributed by atoms with Crippen LogP contribution in [0.25, 0.3) is 11.3 Å². The summed E-state index contributed by atoms with van der Waals surface area (Å²) in [6.07, 6.45) is 2.61. The first-order valence-electron chi connectivity index (χ1n) is 12.4. The van der Waals surface area contributed by atoms with E-state index in [9.17, 15) is 4.79 Å². The van der Waals surface area contributed by atoms with E-state index in [4.69, 9.17) is 4.42 Å². The molecule has 1 aliphatic rings. The van der Waals surface area contributed by atoms with Gasteiger partial charge in [-0.3, -0.25) is 9.69 Å². The first-order chi connectivity index (χ1) is 16.6. The summed E-state index contributed by atoms with van der Waals surface area (Å²) in [7, 11) is 0. The van der Waals surface area contributed by atoms with Crippen molar-refractivity contribution >= 4 is 11.6 Å². The Bertz CT molecular complexity index is 1090. The predicted octanol–water partition coefficient (Wildman–Crippen LogP) is 4.85. The molecule has 0 radical (unpaired) electrons. The molecular formula is C28H36N4O2. The normalized spacial score (nSPS) is 14.4. The van der Waals surface area contributed by atoms with Gasteiger partial charge in [0.15, 0.2) is 0 Å². The van der Waals surface area contributed by atoms with Crippen LogP contribution in [0, 0.1) is 13.8 Å². The smallest absolute Gasteiger partial charge is 0.307 e. The highest BCUT2D eigenvalue weighted by molar-refractivity contribution is 5.90. The third-order valence-electron chi connectivity index (χ3n) is 6.64. The number of hydrogen-bond acceptors (Lipinski definition) is 5. The summed E-state index contributed by atoms with van der Waals surface area (Å²) >= 11 is 0. The maximum atomic E-state index is 12.7. The number of aromatic nitrogens is 1. The number of carbonyl (C=O) groups excluding carboxylic acids is 1. The fraction of sp³-hybridized carbons (Fsp3) is 0.429. The van der Waals surface area contributed by atoms with Gasteiger partial charge in [-0.15, -0.1) is 0 Å². The van der Waals surface area contributed by atoms with E-state index < -0.39 is 0 Å². The minimum absolute atomic E-state index is 0.157. The van der Waals surface area contributed by atoms with E-state index in [0.717, 1.165) is 69.0 Å². The SMILES string of the molecule is CCCc1oc(C(=O)NCCCN2CCN(c3cccc(C)c3C)CC2)nc1-c1ccccc1. The molecule has 3 aromatic rings. The molecule has 2 aromatic carbocycles. The Hall–Kier alpha value is -3.12. The van der Waals surface area contributed by atoms with Crippen molar-refractivity contribution in [1.29, 1.82) is 0 Å². The maximum absolute atomic E-state index is 12.7. The number of piperazine rings is 1. The summed E-state index contributed by atoms with van der Waals surface area (Å²) in [5, 5.41) is 2.99. The molecule has 6 nitrogen and oxygen atoms in total. The zero-order valence-corrected chi connectivity index (χ0v) is 20.6. The fourth-order valence-electron chi connectivity index (χ4n) is 4.54. The van der Waals surface area contributed by atoms with Gasteiger partial charge in [0.2, 0.25) is 0 Å². The number of anilines is 1. The molecule has 1 N–H and O–H groups in total. The van der Waals surface area contributed by atoms with Crippen LogP contribution in [-0.4, -0.2) is 55.1 Å². The molecule has 4 rings (SSSR count). The number of hydrogen-bond donors (Lipinski definition) is 1. The first-order valence-corrected chi connectivity index (χ1v) is 12.4. The molecule has 1 aliphatic heterocycles. The number of oxazole rings is 1. The monoisotopic (exact) mass is 460 g/mol. The van der Waals surface area contributed by atoms with Crippen LogP contribution in [-0.2, 0) is 6.42 Å². The summed E-state index contributed by atoms with van der Waals surface area (Å²) in [4.78, 5) is 22.2. The van der Waals surface area contributed by atoms with Gasteiger partial charge in [-0.25, -0.2) is 4.98 Å². The largest absolute Gasteiger partial charge is 0.437 e. The molecule has 6 heteroatoms. The minimum atomic E-state index is -0.237. The van der Waals surface area contributed by atoms with Crippen molar-refractivity contribution in [1.82, 2.24) is 15.2 Å². The van der Waals surface area contributed by atoms with Crippen LogP contribution in [0.2, 0.25) is 0 Å². The average molecular weight is 461 g/mol. The summed E-state index contributed by atoms with van der Waals surface area (Å²) in [5.74, 6) is 0.698. The van der Waals surface area contributed by atoms with Crippen LogP contribution in [0.5, 0.6) is 0 Å². The molecule has 34 heavy (non-hydrogen) atoms. The number of rotatable bonds is 9. The van der Waals surface area contributed by atoms with Crippen LogP contribution >= 0.6 is 0 Å². The summed E-state index contributed by atoms with van der Waals surface area (Å²) in [6.45, 7) is 12.2. The van der Waals surface area contributed by atoms with Crippen molar-refractivity contribution < 1.29 is 9.21 Å². The zero-order valence-electron chi connectivity index (χ0n) is 20.6. The molecule has 0 spiro atoms. The fourth-order valence-corrected chi connectivity index (χ4v) is 4.54. The summed E-state index contributed by atoms with van der Waals surface area (Å²) < 4.78 is 5.85. The number of amides is 1. The van der Waals surface area contributed by atoms with E-state index >= 15 is 0 Å². The molecule has 0 unspecified atom stereocenters. The Kier molecular flexibility index (Phi) is 8.01. The number of nitrogens with zero attached hydrogens (tertiary/aromatic N) is 3. The van der Waals surface area contributed by atoms with Gasteiger partial charge >= 0.3 is 5.91 Å². The van der Waals surface area contributed by atoms with Gasteiger partial charge in [-0.1, -0.05) is 49.4 Å². The molecule has 1 amide bonds. The molecule has 1 saturated heterocycles. The Morgan fingerprint density at radius 2 is 1.79 bits per heavy atom. The highest BCUT2D eigenvalue weighted by atomic mass is 16.4. The van der Waals surface area contributed by atoms with Crippen molar-refractivity contribution in [2.45, 2.75) is 40.0 Å². The minimum Gasteiger partial charge on any atom is -0.437 e. The molecule has 0 aliphatic carbocycles. The van der Waals surface area contributed by atoms with Gasteiger partial charge in [0.05, 0.1) is 0 Å². The Labute approximate surface area is 203 Å². The van der Waals surface area contributed by atoms with Gasteiger partial charge in [-0.2, -0.15) is 0 Å². The predicted molar refractivity (Wildman–Crippen MR) is 137 cm³/mol. The van der Waals surface area contributed by atoms with Gasteiger partial charge in [0.1, 0.15) is 11.5 Å². The van der Waals surface area contributed by atoms with Crippen LogP contribution in [0.15, 0.2) is 52.9 Å². The van der Waals surface area contributed by atoms with Crippen molar-refractivity contribution in [2.24, 2.45) is 0 Å². The molecule has 1 fully saturated rings. The number of carbonyl (C=O) groups is 1. The van der Waals surface area contributed by atoms with E-state index in [2.05, 4.69) is 59.1 Å². The van der Waals surface area contributed by atoms with Gasteiger partial charge in [-0.05, 0) is 50.4 Å². The van der Waals surface area contributed by atoms with Crippen molar-refractivity contribution in [3.05, 3.63) is 71.3 Å².